The van der Waals surface area contributed by atoms with E-state index in [9.17, 15) is 39.0 Å². The second-order valence-electron chi connectivity index (χ2n) is 10.7. The molecule has 0 radical (unpaired) electrons. The number of phenols is 1. The van der Waals surface area contributed by atoms with Crippen LogP contribution in [0, 0.1) is 11.8 Å². The summed E-state index contributed by atoms with van der Waals surface area (Å²) in [4.78, 5) is 75.3. The average molecular weight is 590 g/mol. The minimum absolute atomic E-state index is 0.00497. The van der Waals surface area contributed by atoms with Gasteiger partial charge in [-0.15, -0.1) is 0 Å². The summed E-state index contributed by atoms with van der Waals surface area (Å²) in [6, 6.07) is 0.576. The van der Waals surface area contributed by atoms with Crippen LogP contribution in [0.3, 0.4) is 0 Å². The number of cyclic esters (lactones) is 1. The molecule has 1 aromatic carbocycles. The number of carbonyl (C=O) groups excluding carboxylic acids is 5. The normalized spacial score (nSPS) is 21.9. The number of ether oxygens (including phenoxy) is 1. The second kappa shape index (κ2) is 15.4. The summed E-state index contributed by atoms with van der Waals surface area (Å²) in [5, 5.41) is 31.2. The Balaban J connectivity index is 2.21. The number of rotatable bonds is 9. The molecular weight excluding hydrogens is 550 g/mol. The lowest BCUT2D eigenvalue weighted by molar-refractivity contribution is -0.148. The quantitative estimate of drug-likeness (QED) is 0.192. The van der Waals surface area contributed by atoms with E-state index >= 15 is 0 Å². The number of phenolic OH excluding ortho intramolecular Hbond substituents is 1. The van der Waals surface area contributed by atoms with Crippen LogP contribution in [0.2, 0.25) is 0 Å². The smallest absolute Gasteiger partial charge is 0.405 e. The topological polar surface area (TPSA) is 212 Å². The van der Waals surface area contributed by atoms with E-state index < -0.39 is 71.8 Å². The summed E-state index contributed by atoms with van der Waals surface area (Å²) in [5.74, 6) is -4.06. The standard InChI is InChI=1S/C28H39N5O9/c1-14(2)22-25(37)29-16(5)27(39)42-13-18(8-11-21(35)32-22)30-26(38)23(15(3)4)33-24(36)20(31-28(40)41)12-17-6-9-19(34)10-7-17/h6-11,14-16,18,20,22-23,31,34H,12-13H2,1-5H3,(H,29,37)(H,30,38)(H,32,35)(H,33,36)(H,40,41)/b11-8+/t16-,18+,20?,22-,23?/m0/s1. The van der Waals surface area contributed by atoms with Crippen LogP contribution in [0.1, 0.15) is 40.2 Å². The van der Waals surface area contributed by atoms with Gasteiger partial charge in [0.25, 0.3) is 0 Å². The van der Waals surface area contributed by atoms with E-state index in [1.165, 1.54) is 37.3 Å². The molecule has 230 valence electrons. The minimum Gasteiger partial charge on any atom is -0.508 e. The van der Waals surface area contributed by atoms with Crippen molar-refractivity contribution in [3.63, 3.8) is 0 Å². The van der Waals surface area contributed by atoms with Crippen molar-refractivity contribution in [2.24, 2.45) is 11.8 Å². The minimum atomic E-state index is -1.44. The van der Waals surface area contributed by atoms with Crippen molar-refractivity contribution >= 4 is 35.7 Å². The van der Waals surface area contributed by atoms with E-state index in [1.807, 2.05) is 0 Å². The Morgan fingerprint density at radius 2 is 1.64 bits per heavy atom. The van der Waals surface area contributed by atoms with Gasteiger partial charge < -0.3 is 41.5 Å². The van der Waals surface area contributed by atoms with Gasteiger partial charge >= 0.3 is 12.1 Å². The van der Waals surface area contributed by atoms with Gasteiger partial charge in [-0.05, 0) is 36.5 Å². The largest absolute Gasteiger partial charge is 0.508 e. The molecule has 0 aromatic heterocycles. The lowest BCUT2D eigenvalue weighted by Gasteiger charge is -2.27. The maximum absolute atomic E-state index is 13.3. The molecule has 0 aliphatic carbocycles. The zero-order valence-electron chi connectivity index (χ0n) is 24.2. The fourth-order valence-corrected chi connectivity index (χ4v) is 4.03. The van der Waals surface area contributed by atoms with Crippen LogP contribution < -0.4 is 26.6 Å². The first kappa shape index (κ1) is 33.6. The molecule has 7 N–H and O–H groups in total. The lowest BCUT2D eigenvalue weighted by Crippen LogP contribution is -2.57. The summed E-state index contributed by atoms with van der Waals surface area (Å²) in [7, 11) is 0. The molecule has 0 spiro atoms. The van der Waals surface area contributed by atoms with Crippen LogP contribution in [0.15, 0.2) is 36.4 Å². The molecule has 1 heterocycles. The van der Waals surface area contributed by atoms with Gasteiger partial charge in [-0.25, -0.2) is 9.59 Å². The monoisotopic (exact) mass is 589 g/mol. The number of aromatic hydroxyl groups is 1. The van der Waals surface area contributed by atoms with E-state index in [4.69, 9.17) is 4.74 Å². The third-order valence-corrected chi connectivity index (χ3v) is 6.41. The molecule has 1 aliphatic heterocycles. The maximum Gasteiger partial charge on any atom is 0.405 e. The Labute approximate surface area is 243 Å². The molecule has 0 bridgehead atoms. The van der Waals surface area contributed by atoms with Crippen LogP contribution in [-0.2, 0) is 35.1 Å². The fourth-order valence-electron chi connectivity index (χ4n) is 4.03. The van der Waals surface area contributed by atoms with Gasteiger partial charge in [-0.1, -0.05) is 45.9 Å². The summed E-state index contributed by atoms with van der Waals surface area (Å²) >= 11 is 0. The van der Waals surface area contributed by atoms with Crippen LogP contribution >= 0.6 is 0 Å². The second-order valence-corrected chi connectivity index (χ2v) is 10.7. The molecule has 1 aliphatic rings. The zero-order valence-corrected chi connectivity index (χ0v) is 24.2. The van der Waals surface area contributed by atoms with E-state index in [2.05, 4.69) is 26.6 Å². The van der Waals surface area contributed by atoms with E-state index in [-0.39, 0.29) is 24.7 Å². The number of carboxylic acid groups (broad SMARTS) is 1. The zero-order chi connectivity index (χ0) is 31.6. The van der Waals surface area contributed by atoms with Crippen molar-refractivity contribution in [2.75, 3.05) is 6.61 Å². The first-order chi connectivity index (χ1) is 19.7. The van der Waals surface area contributed by atoms with Crippen molar-refractivity contribution in [3.8, 4) is 5.75 Å². The highest BCUT2D eigenvalue weighted by atomic mass is 16.5. The van der Waals surface area contributed by atoms with Crippen molar-refractivity contribution in [1.29, 1.82) is 0 Å². The highest BCUT2D eigenvalue weighted by Gasteiger charge is 2.31. The number of esters is 1. The van der Waals surface area contributed by atoms with Gasteiger partial charge in [0.15, 0.2) is 0 Å². The molecule has 1 aromatic rings. The van der Waals surface area contributed by atoms with Gasteiger partial charge in [0.05, 0.1) is 6.04 Å². The van der Waals surface area contributed by atoms with Gasteiger partial charge in [0.2, 0.25) is 23.6 Å². The number of carbonyl (C=O) groups is 6. The Kier molecular flexibility index (Phi) is 12.3. The van der Waals surface area contributed by atoms with Gasteiger partial charge in [0.1, 0.15) is 36.5 Å². The maximum atomic E-state index is 13.3. The number of hydrogen-bond acceptors (Lipinski definition) is 8. The molecular formula is C28H39N5O9. The highest BCUT2D eigenvalue weighted by Crippen LogP contribution is 2.12. The fraction of sp³-hybridized carbons (Fsp3) is 0.500. The molecule has 2 rings (SSSR count). The lowest BCUT2D eigenvalue weighted by atomic mass is 10.0. The molecule has 14 nitrogen and oxygen atoms in total. The van der Waals surface area contributed by atoms with Crippen molar-refractivity contribution < 1.29 is 43.7 Å². The molecule has 0 saturated carbocycles. The SMILES string of the molecule is CC(C)C(NC(=O)C(Cc1ccc(O)cc1)NC(=O)O)C(=O)N[C@@H]1/C=C/C(=O)N[C@@H](C(C)C)C(=O)N[C@@H](C)C(=O)OC1. The summed E-state index contributed by atoms with van der Waals surface area (Å²) in [5.41, 5.74) is 0.566. The third kappa shape index (κ3) is 10.4. The predicted molar refractivity (Wildman–Crippen MR) is 150 cm³/mol. The van der Waals surface area contributed by atoms with Crippen LogP contribution in [0.25, 0.3) is 0 Å². The van der Waals surface area contributed by atoms with Crippen LogP contribution in [0.5, 0.6) is 5.75 Å². The molecule has 14 heteroatoms. The highest BCUT2D eigenvalue weighted by molar-refractivity contribution is 5.95. The molecule has 42 heavy (non-hydrogen) atoms. The van der Waals surface area contributed by atoms with E-state index in [1.54, 1.807) is 27.7 Å². The third-order valence-electron chi connectivity index (χ3n) is 6.41. The number of hydrogen-bond donors (Lipinski definition) is 7. The van der Waals surface area contributed by atoms with E-state index in [0.717, 1.165) is 6.08 Å². The summed E-state index contributed by atoms with van der Waals surface area (Å²) in [6.45, 7) is 7.86. The van der Waals surface area contributed by atoms with Gasteiger partial charge in [-0.2, -0.15) is 0 Å². The molecule has 2 unspecified atom stereocenters. The molecule has 0 fully saturated rings. The number of nitrogens with one attached hydrogen (secondary N) is 5. The average Bonchev–Trinajstić information content (AvgIpc) is 2.90. The first-order valence-corrected chi connectivity index (χ1v) is 13.5. The summed E-state index contributed by atoms with van der Waals surface area (Å²) < 4.78 is 5.27. The van der Waals surface area contributed by atoms with Gasteiger partial charge in [0, 0.05) is 12.5 Å². The predicted octanol–water partition coefficient (Wildman–Crippen LogP) is -0.0450. The Hall–Kier alpha value is -4.62. The van der Waals surface area contributed by atoms with E-state index in [0.29, 0.717) is 5.56 Å². The molecule has 5 atom stereocenters. The van der Waals surface area contributed by atoms with Crippen LogP contribution in [0.4, 0.5) is 4.79 Å². The Bertz CT molecular complexity index is 1180. The summed E-state index contributed by atoms with van der Waals surface area (Å²) in [6.07, 6.45) is 0.928. The van der Waals surface area contributed by atoms with Crippen molar-refractivity contribution in [2.45, 2.75) is 71.2 Å². The molecule has 5 amide bonds. The number of amides is 5. The number of benzene rings is 1. The first-order valence-electron chi connectivity index (χ1n) is 13.5. The van der Waals surface area contributed by atoms with Gasteiger partial charge in [-0.3, -0.25) is 19.2 Å². The Morgan fingerprint density at radius 1 is 1.00 bits per heavy atom. The molecule has 0 saturated heterocycles. The van der Waals surface area contributed by atoms with Crippen molar-refractivity contribution in [1.82, 2.24) is 26.6 Å². The Morgan fingerprint density at radius 3 is 2.21 bits per heavy atom. The van der Waals surface area contributed by atoms with Crippen molar-refractivity contribution in [3.05, 3.63) is 42.0 Å². The van der Waals surface area contributed by atoms with Crippen LogP contribution in [-0.4, -0.2) is 82.7 Å².